The van der Waals surface area contributed by atoms with Crippen LogP contribution in [0.3, 0.4) is 0 Å². The predicted octanol–water partition coefficient (Wildman–Crippen LogP) is 20.7. The number of rotatable bonds is 59. The second-order valence-corrected chi connectivity index (χ2v) is 22.3. The Labute approximate surface area is 485 Å². The Balaban J connectivity index is 3.95. The van der Waals surface area contributed by atoms with Crippen LogP contribution in [-0.2, 0) is 32.7 Å². The highest BCUT2D eigenvalue weighted by atomic mass is 31.2. The third kappa shape index (κ3) is 63.5. The molecule has 2 atom stereocenters. The zero-order valence-corrected chi connectivity index (χ0v) is 51.5. The van der Waals surface area contributed by atoms with Gasteiger partial charge in [0.1, 0.15) is 6.61 Å². The Bertz CT molecular complexity index is 1710. The minimum absolute atomic E-state index is 0.0484. The van der Waals surface area contributed by atoms with Crippen molar-refractivity contribution in [1.29, 1.82) is 0 Å². The van der Waals surface area contributed by atoms with Crippen molar-refractivity contribution in [1.82, 2.24) is 0 Å². The molecule has 0 bridgehead atoms. The van der Waals surface area contributed by atoms with E-state index in [1.54, 1.807) is 0 Å². The number of nitrogens with two attached hydrogens (primary N) is 1. The maximum absolute atomic E-state index is 12.7. The zero-order chi connectivity index (χ0) is 57.3. The average Bonchev–Trinajstić information content (AvgIpc) is 3.44. The van der Waals surface area contributed by atoms with Crippen molar-refractivity contribution >= 4 is 19.8 Å². The van der Waals surface area contributed by atoms with Gasteiger partial charge in [0.15, 0.2) is 6.10 Å². The molecular formula is C69H118NO8P. The largest absolute Gasteiger partial charge is 0.472 e. The summed E-state index contributed by atoms with van der Waals surface area (Å²) in [5.74, 6) is -0.833. The van der Waals surface area contributed by atoms with Crippen LogP contribution in [0, 0.1) is 0 Å². The molecule has 0 aliphatic rings. The summed E-state index contributed by atoms with van der Waals surface area (Å²) in [7, 11) is -4.40. The van der Waals surface area contributed by atoms with Crippen LogP contribution in [0.4, 0.5) is 0 Å². The average molecular weight is 1120 g/mol. The molecule has 0 spiro atoms. The second-order valence-electron chi connectivity index (χ2n) is 20.9. The summed E-state index contributed by atoms with van der Waals surface area (Å²) in [5.41, 5.74) is 5.39. The lowest BCUT2D eigenvalue weighted by molar-refractivity contribution is -0.161. The van der Waals surface area contributed by atoms with Gasteiger partial charge in [-0.15, -0.1) is 0 Å². The minimum atomic E-state index is -4.40. The summed E-state index contributed by atoms with van der Waals surface area (Å²) in [5, 5.41) is 0. The van der Waals surface area contributed by atoms with Crippen molar-refractivity contribution in [3.63, 3.8) is 0 Å². The normalized spacial score (nSPS) is 13.8. The highest BCUT2D eigenvalue weighted by molar-refractivity contribution is 7.47. The Morgan fingerprint density at radius 1 is 0.392 bits per heavy atom. The van der Waals surface area contributed by atoms with E-state index < -0.39 is 26.5 Å². The third-order valence-electron chi connectivity index (χ3n) is 13.3. The summed E-state index contributed by atoms with van der Waals surface area (Å²) in [6, 6.07) is 0. The van der Waals surface area contributed by atoms with Gasteiger partial charge in [-0.05, 0) is 109 Å². The molecule has 0 amide bonds. The number of phosphoric ester groups is 1. The van der Waals surface area contributed by atoms with Crippen molar-refractivity contribution < 1.29 is 37.6 Å². The first-order chi connectivity index (χ1) is 38.8. The van der Waals surface area contributed by atoms with Gasteiger partial charge in [0.25, 0.3) is 0 Å². The lowest BCUT2D eigenvalue weighted by atomic mass is 10.0. The first-order valence-corrected chi connectivity index (χ1v) is 33.5. The maximum atomic E-state index is 12.7. The van der Waals surface area contributed by atoms with E-state index in [1.807, 2.05) is 0 Å². The molecule has 10 heteroatoms. The van der Waals surface area contributed by atoms with E-state index in [2.05, 4.69) is 135 Å². The summed E-state index contributed by atoms with van der Waals surface area (Å²) >= 11 is 0. The molecule has 0 aromatic heterocycles. The smallest absolute Gasteiger partial charge is 0.462 e. The van der Waals surface area contributed by atoms with Gasteiger partial charge in [-0.1, -0.05) is 270 Å². The lowest BCUT2D eigenvalue weighted by Crippen LogP contribution is -2.29. The minimum Gasteiger partial charge on any atom is -0.462 e. The summed E-state index contributed by atoms with van der Waals surface area (Å²) in [6.45, 7) is 3.63. The topological polar surface area (TPSA) is 134 Å². The van der Waals surface area contributed by atoms with Crippen LogP contribution in [0.15, 0.2) is 122 Å². The molecule has 3 N–H and O–H groups in total. The molecule has 0 aliphatic carbocycles. The van der Waals surface area contributed by atoms with Crippen molar-refractivity contribution in [2.45, 2.75) is 277 Å². The first-order valence-electron chi connectivity index (χ1n) is 32.0. The predicted molar refractivity (Wildman–Crippen MR) is 339 cm³/mol. The Kier molecular flexibility index (Phi) is 60.7. The number of hydrogen-bond donors (Lipinski definition) is 2. The van der Waals surface area contributed by atoms with Crippen LogP contribution in [-0.4, -0.2) is 49.3 Å². The monoisotopic (exact) mass is 1120 g/mol. The van der Waals surface area contributed by atoms with Crippen LogP contribution < -0.4 is 5.73 Å². The molecule has 0 rings (SSSR count). The molecule has 0 fully saturated rings. The fraction of sp³-hybridized carbons (Fsp3) is 0.681. The zero-order valence-electron chi connectivity index (χ0n) is 50.6. The Hall–Kier alpha value is -3.59. The molecule has 79 heavy (non-hydrogen) atoms. The number of esters is 2. The highest BCUT2D eigenvalue weighted by Crippen LogP contribution is 2.43. The van der Waals surface area contributed by atoms with Crippen molar-refractivity contribution in [3.8, 4) is 0 Å². The number of carbonyl (C=O) groups excluding carboxylic acids is 2. The third-order valence-corrected chi connectivity index (χ3v) is 14.3. The van der Waals surface area contributed by atoms with Gasteiger partial charge < -0.3 is 20.1 Å². The van der Waals surface area contributed by atoms with Crippen LogP contribution in [0.25, 0.3) is 0 Å². The number of phosphoric acid groups is 1. The number of unbranched alkanes of at least 4 members (excludes halogenated alkanes) is 26. The van der Waals surface area contributed by atoms with Crippen molar-refractivity contribution in [3.05, 3.63) is 122 Å². The highest BCUT2D eigenvalue weighted by Gasteiger charge is 2.26. The van der Waals surface area contributed by atoms with E-state index in [4.69, 9.17) is 24.3 Å². The summed E-state index contributed by atoms with van der Waals surface area (Å²) < 4.78 is 33.1. The maximum Gasteiger partial charge on any atom is 0.472 e. The van der Waals surface area contributed by atoms with Gasteiger partial charge in [-0.3, -0.25) is 18.6 Å². The van der Waals surface area contributed by atoms with Gasteiger partial charge >= 0.3 is 19.8 Å². The van der Waals surface area contributed by atoms with E-state index in [0.717, 1.165) is 103 Å². The van der Waals surface area contributed by atoms with Gasteiger partial charge in [-0.2, -0.15) is 0 Å². The van der Waals surface area contributed by atoms with Crippen LogP contribution >= 0.6 is 7.82 Å². The molecule has 9 nitrogen and oxygen atoms in total. The van der Waals surface area contributed by atoms with Gasteiger partial charge in [-0.25, -0.2) is 4.57 Å². The van der Waals surface area contributed by atoms with Crippen LogP contribution in [0.2, 0.25) is 0 Å². The van der Waals surface area contributed by atoms with Crippen LogP contribution in [0.1, 0.15) is 271 Å². The van der Waals surface area contributed by atoms with E-state index >= 15 is 0 Å². The standard InChI is InChI=1S/C69H118NO8P/c1-3-5-7-9-11-13-15-17-19-21-23-24-25-26-27-28-29-30-31-32-33-34-35-36-37-38-39-40-41-42-44-46-48-50-52-54-56-58-60-62-69(72)78-67(66-77-79(73,74)76-64-63-70)65-75-68(71)61-59-57-55-53-51-49-47-45-43-22-20-18-16-14-12-10-8-6-4-2/h5,7,11,13,17-20,23-24,26-27,29-30,32-33,35-36,38-39,67H,3-4,6,8-10,12,14-16,21-22,25,28,31,34,37,40-66,70H2,1-2H3,(H,73,74)/b7-5-,13-11-,19-17-,20-18-,24-23-,27-26-,30-29-,33-32-,36-35-,39-38-. The molecule has 0 aromatic carbocycles. The molecule has 452 valence electrons. The SMILES string of the molecule is CC/C=C\C/C=C\C/C=C\C/C=C\C/C=C\C/C=C\C/C=C\C/C=C\C/C=C\CCCCCCCCCCCCCC(=O)OC(COC(=O)CCCCCCCCCCC/C=C\CCCCCCCC)COP(=O)(O)OCCN. The van der Waals surface area contributed by atoms with Gasteiger partial charge in [0.2, 0.25) is 0 Å². The molecule has 0 saturated heterocycles. The summed E-state index contributed by atoms with van der Waals surface area (Å²) in [6.07, 6.45) is 88.4. The molecule has 0 aliphatic heterocycles. The fourth-order valence-electron chi connectivity index (χ4n) is 8.62. The van der Waals surface area contributed by atoms with Crippen LogP contribution in [0.5, 0.6) is 0 Å². The first kappa shape index (κ1) is 75.4. The molecule has 0 heterocycles. The van der Waals surface area contributed by atoms with E-state index in [1.165, 1.54) is 135 Å². The fourth-order valence-corrected chi connectivity index (χ4v) is 9.39. The van der Waals surface area contributed by atoms with Gasteiger partial charge in [0, 0.05) is 19.4 Å². The van der Waals surface area contributed by atoms with E-state index in [9.17, 15) is 19.0 Å². The number of carbonyl (C=O) groups is 2. The quantitative estimate of drug-likeness (QED) is 0.0264. The second kappa shape index (κ2) is 63.6. The molecular weight excluding hydrogens is 1000 g/mol. The molecule has 0 radical (unpaired) electrons. The number of ether oxygens (including phenoxy) is 2. The number of hydrogen-bond acceptors (Lipinski definition) is 8. The van der Waals surface area contributed by atoms with Crippen molar-refractivity contribution in [2.24, 2.45) is 5.73 Å². The van der Waals surface area contributed by atoms with E-state index in [0.29, 0.717) is 6.42 Å². The summed E-state index contributed by atoms with van der Waals surface area (Å²) in [4.78, 5) is 35.2. The van der Waals surface area contributed by atoms with Crippen molar-refractivity contribution in [2.75, 3.05) is 26.4 Å². The number of allylic oxidation sites excluding steroid dienone is 20. The molecule has 0 saturated carbocycles. The molecule has 2 unspecified atom stereocenters. The van der Waals surface area contributed by atoms with Gasteiger partial charge in [0.05, 0.1) is 13.2 Å². The van der Waals surface area contributed by atoms with E-state index in [-0.39, 0.29) is 38.6 Å². The Morgan fingerprint density at radius 2 is 0.696 bits per heavy atom. The molecule has 0 aromatic rings. The Morgan fingerprint density at radius 3 is 1.05 bits per heavy atom. The lowest BCUT2D eigenvalue weighted by Gasteiger charge is -2.19.